The van der Waals surface area contributed by atoms with Crippen molar-refractivity contribution >= 4 is 34.9 Å². The van der Waals surface area contributed by atoms with Crippen LogP contribution in [0.25, 0.3) is 0 Å². The molecule has 0 radical (unpaired) electrons. The van der Waals surface area contributed by atoms with Crippen LogP contribution in [0.4, 0.5) is 24.5 Å². The smallest absolute Gasteiger partial charge is 0.416 e. The molecule has 0 aliphatic carbocycles. The summed E-state index contributed by atoms with van der Waals surface area (Å²) in [4.78, 5) is 33.8. The first-order valence-electron chi connectivity index (χ1n) is 7.16. The van der Waals surface area contributed by atoms with Crippen LogP contribution in [0.15, 0.2) is 42.5 Å². The van der Waals surface area contributed by atoms with Gasteiger partial charge in [-0.3, -0.25) is 14.9 Å². The standard InChI is InChI=1S/C16H10ClF3N2O5/c17-10-4-5-12(13(7-10)22(25)26)15(24)27-8-14(23)21-11-3-1-2-9(6-11)16(18,19)20/h1-7H,8H2,(H,21,23). The second kappa shape index (κ2) is 8.04. The number of anilines is 1. The molecule has 27 heavy (non-hydrogen) atoms. The van der Waals surface area contributed by atoms with E-state index in [-0.39, 0.29) is 10.7 Å². The summed E-state index contributed by atoms with van der Waals surface area (Å²) >= 11 is 5.63. The van der Waals surface area contributed by atoms with Crippen molar-refractivity contribution in [1.29, 1.82) is 0 Å². The summed E-state index contributed by atoms with van der Waals surface area (Å²) in [5.74, 6) is -2.07. The predicted molar refractivity (Wildman–Crippen MR) is 88.5 cm³/mol. The molecule has 142 valence electrons. The number of benzene rings is 2. The maximum Gasteiger partial charge on any atom is 0.416 e. The number of nitrogens with one attached hydrogen (secondary N) is 1. The van der Waals surface area contributed by atoms with E-state index in [2.05, 4.69) is 10.1 Å². The lowest BCUT2D eigenvalue weighted by Gasteiger charge is -2.10. The number of rotatable bonds is 5. The van der Waals surface area contributed by atoms with Gasteiger partial charge in [0.15, 0.2) is 6.61 Å². The molecule has 0 saturated carbocycles. The average molecular weight is 403 g/mol. The van der Waals surface area contributed by atoms with Crippen LogP contribution in [-0.2, 0) is 15.7 Å². The summed E-state index contributed by atoms with van der Waals surface area (Å²) in [6.07, 6.45) is -4.58. The molecular formula is C16H10ClF3N2O5. The Kier molecular flexibility index (Phi) is 6.01. The van der Waals surface area contributed by atoms with Gasteiger partial charge in [-0.15, -0.1) is 0 Å². The second-order valence-electron chi connectivity index (χ2n) is 5.12. The number of nitrogens with zero attached hydrogens (tertiary/aromatic N) is 1. The summed E-state index contributed by atoms with van der Waals surface area (Å²) in [7, 11) is 0. The van der Waals surface area contributed by atoms with Gasteiger partial charge in [0.2, 0.25) is 0 Å². The van der Waals surface area contributed by atoms with Crippen LogP contribution in [0.1, 0.15) is 15.9 Å². The summed E-state index contributed by atoms with van der Waals surface area (Å²) < 4.78 is 42.6. The number of esters is 1. The number of carbonyl (C=O) groups is 2. The Morgan fingerprint density at radius 3 is 2.52 bits per heavy atom. The molecule has 0 aromatic heterocycles. The van der Waals surface area contributed by atoms with E-state index in [0.29, 0.717) is 6.07 Å². The van der Waals surface area contributed by atoms with Crippen LogP contribution >= 0.6 is 11.6 Å². The zero-order chi connectivity index (χ0) is 20.2. The number of hydrogen-bond acceptors (Lipinski definition) is 5. The number of hydrogen-bond donors (Lipinski definition) is 1. The largest absolute Gasteiger partial charge is 0.452 e. The van der Waals surface area contributed by atoms with E-state index in [1.807, 2.05) is 0 Å². The van der Waals surface area contributed by atoms with Gasteiger partial charge in [0, 0.05) is 16.8 Å². The van der Waals surface area contributed by atoms with Crippen molar-refractivity contribution < 1.29 is 32.4 Å². The maximum absolute atomic E-state index is 12.6. The molecule has 7 nitrogen and oxygen atoms in total. The lowest BCUT2D eigenvalue weighted by Crippen LogP contribution is -2.21. The van der Waals surface area contributed by atoms with Crippen LogP contribution < -0.4 is 5.32 Å². The maximum atomic E-state index is 12.6. The molecule has 0 aliphatic heterocycles. The minimum Gasteiger partial charge on any atom is -0.452 e. The number of ether oxygens (including phenoxy) is 1. The number of amides is 1. The molecule has 1 amide bonds. The SMILES string of the molecule is O=C(COC(=O)c1ccc(Cl)cc1[N+](=O)[O-])Nc1cccc(C(F)(F)F)c1. The Hall–Kier alpha value is -3.14. The minimum absolute atomic E-state index is 0.0283. The van der Waals surface area contributed by atoms with Crippen molar-refractivity contribution in [3.05, 3.63) is 68.7 Å². The Balaban J connectivity index is 2.02. The molecule has 0 heterocycles. The van der Waals surface area contributed by atoms with E-state index >= 15 is 0 Å². The molecule has 1 N–H and O–H groups in total. The third-order valence-electron chi connectivity index (χ3n) is 3.18. The zero-order valence-corrected chi connectivity index (χ0v) is 14.0. The normalized spacial score (nSPS) is 11.0. The van der Waals surface area contributed by atoms with Gasteiger partial charge in [0.05, 0.1) is 10.5 Å². The Morgan fingerprint density at radius 2 is 1.89 bits per heavy atom. The average Bonchev–Trinajstić information content (AvgIpc) is 2.59. The summed E-state index contributed by atoms with van der Waals surface area (Å²) in [5.41, 5.74) is -2.14. The van der Waals surface area contributed by atoms with Crippen LogP contribution in [0.3, 0.4) is 0 Å². The fourth-order valence-electron chi connectivity index (χ4n) is 2.01. The van der Waals surface area contributed by atoms with Crippen molar-refractivity contribution in [3.63, 3.8) is 0 Å². The lowest BCUT2D eigenvalue weighted by molar-refractivity contribution is -0.385. The highest BCUT2D eigenvalue weighted by Gasteiger charge is 2.30. The van der Waals surface area contributed by atoms with Crippen LogP contribution in [0.2, 0.25) is 5.02 Å². The molecule has 0 fully saturated rings. The van der Waals surface area contributed by atoms with Crippen molar-refractivity contribution in [1.82, 2.24) is 0 Å². The fourth-order valence-corrected chi connectivity index (χ4v) is 2.17. The van der Waals surface area contributed by atoms with Crippen molar-refractivity contribution in [3.8, 4) is 0 Å². The van der Waals surface area contributed by atoms with E-state index < -0.39 is 46.4 Å². The third-order valence-corrected chi connectivity index (χ3v) is 3.42. The first kappa shape index (κ1) is 20.2. The quantitative estimate of drug-likeness (QED) is 0.462. The number of carbonyl (C=O) groups excluding carboxylic acids is 2. The molecule has 0 aliphatic rings. The van der Waals surface area contributed by atoms with Crippen LogP contribution in [0, 0.1) is 10.1 Å². The molecule has 0 saturated heterocycles. The number of halogens is 4. The Bertz CT molecular complexity index is 902. The molecule has 2 rings (SSSR count). The molecule has 2 aromatic carbocycles. The van der Waals surface area contributed by atoms with Gasteiger partial charge in [-0.25, -0.2) is 4.79 Å². The molecule has 0 spiro atoms. The highest BCUT2D eigenvalue weighted by Crippen LogP contribution is 2.30. The molecule has 0 unspecified atom stereocenters. The van der Waals surface area contributed by atoms with Crippen molar-refractivity contribution in [2.45, 2.75) is 6.18 Å². The molecule has 0 atom stereocenters. The highest BCUT2D eigenvalue weighted by atomic mass is 35.5. The van der Waals surface area contributed by atoms with E-state index in [1.165, 1.54) is 12.1 Å². The monoisotopic (exact) mass is 402 g/mol. The number of nitro groups is 1. The van der Waals surface area contributed by atoms with Gasteiger partial charge in [-0.05, 0) is 30.3 Å². The third kappa shape index (κ3) is 5.42. The van der Waals surface area contributed by atoms with Gasteiger partial charge in [0.25, 0.3) is 11.6 Å². The number of alkyl halides is 3. The van der Waals surface area contributed by atoms with Gasteiger partial charge in [-0.2, -0.15) is 13.2 Å². The molecule has 11 heteroatoms. The minimum atomic E-state index is -4.58. The summed E-state index contributed by atoms with van der Waals surface area (Å²) in [6.45, 7) is -0.852. The molecule has 2 aromatic rings. The highest BCUT2D eigenvalue weighted by molar-refractivity contribution is 6.31. The van der Waals surface area contributed by atoms with E-state index in [9.17, 15) is 32.9 Å². The van der Waals surface area contributed by atoms with Crippen molar-refractivity contribution in [2.24, 2.45) is 0 Å². The lowest BCUT2D eigenvalue weighted by atomic mass is 10.2. The number of nitro benzene ring substituents is 1. The van der Waals surface area contributed by atoms with E-state index in [0.717, 1.165) is 24.3 Å². The summed E-state index contributed by atoms with van der Waals surface area (Å²) in [5, 5.41) is 13.1. The Labute approximate surface area is 154 Å². The van der Waals surface area contributed by atoms with Crippen LogP contribution in [-0.4, -0.2) is 23.4 Å². The predicted octanol–water partition coefficient (Wildman–Crippen LogP) is 4.06. The zero-order valence-electron chi connectivity index (χ0n) is 13.2. The van der Waals surface area contributed by atoms with Gasteiger partial charge >= 0.3 is 12.1 Å². The van der Waals surface area contributed by atoms with E-state index in [1.54, 1.807) is 0 Å². The molecule has 0 bridgehead atoms. The van der Waals surface area contributed by atoms with Crippen molar-refractivity contribution in [2.75, 3.05) is 11.9 Å². The Morgan fingerprint density at radius 1 is 1.19 bits per heavy atom. The topological polar surface area (TPSA) is 98.5 Å². The second-order valence-corrected chi connectivity index (χ2v) is 5.56. The van der Waals surface area contributed by atoms with Gasteiger partial charge < -0.3 is 10.1 Å². The van der Waals surface area contributed by atoms with Gasteiger partial charge in [-0.1, -0.05) is 17.7 Å². The fraction of sp³-hybridized carbons (Fsp3) is 0.125. The molecular weight excluding hydrogens is 393 g/mol. The van der Waals surface area contributed by atoms with Crippen LogP contribution in [0.5, 0.6) is 0 Å². The first-order valence-corrected chi connectivity index (χ1v) is 7.54. The summed E-state index contributed by atoms with van der Waals surface area (Å²) in [6, 6.07) is 7.10. The first-order chi connectivity index (χ1) is 12.6. The van der Waals surface area contributed by atoms with E-state index in [4.69, 9.17) is 11.6 Å². The van der Waals surface area contributed by atoms with Gasteiger partial charge in [0.1, 0.15) is 5.56 Å².